The standard InChI is InChI=1S/C11H12FNO2/c12-9-6-10(9)13(11(14)15)7-8-4-2-1-3-5-8/h1-5,9-10H,6-7H2,(H,14,15)/t9-,10+/m0/s1. The van der Waals surface area contributed by atoms with Crippen molar-refractivity contribution in [2.75, 3.05) is 0 Å². The summed E-state index contributed by atoms with van der Waals surface area (Å²) in [7, 11) is 0. The maximum Gasteiger partial charge on any atom is 0.407 e. The molecule has 1 saturated carbocycles. The van der Waals surface area contributed by atoms with Crippen LogP contribution < -0.4 is 0 Å². The molecule has 1 fully saturated rings. The van der Waals surface area contributed by atoms with Crippen LogP contribution in [-0.4, -0.2) is 28.3 Å². The molecule has 0 radical (unpaired) electrons. The number of rotatable bonds is 3. The quantitative estimate of drug-likeness (QED) is 0.829. The van der Waals surface area contributed by atoms with Crippen LogP contribution in [0.1, 0.15) is 12.0 Å². The second-order valence-corrected chi connectivity index (χ2v) is 3.72. The van der Waals surface area contributed by atoms with Gasteiger partial charge in [-0.05, 0) is 5.56 Å². The van der Waals surface area contributed by atoms with Gasteiger partial charge >= 0.3 is 6.09 Å². The topological polar surface area (TPSA) is 40.5 Å². The van der Waals surface area contributed by atoms with Crippen molar-refractivity contribution in [1.82, 2.24) is 4.90 Å². The summed E-state index contributed by atoms with van der Waals surface area (Å²) in [5.41, 5.74) is 0.888. The summed E-state index contributed by atoms with van der Waals surface area (Å²) in [5, 5.41) is 8.92. The van der Waals surface area contributed by atoms with Crippen LogP contribution in [0.25, 0.3) is 0 Å². The van der Waals surface area contributed by atoms with Gasteiger partial charge in [0.15, 0.2) is 0 Å². The van der Waals surface area contributed by atoms with E-state index >= 15 is 0 Å². The summed E-state index contributed by atoms with van der Waals surface area (Å²) >= 11 is 0. The van der Waals surface area contributed by atoms with Crippen LogP contribution in [0, 0.1) is 0 Å². The van der Waals surface area contributed by atoms with Crippen molar-refractivity contribution >= 4 is 6.09 Å². The third kappa shape index (κ3) is 2.26. The Morgan fingerprint density at radius 1 is 1.47 bits per heavy atom. The molecule has 0 spiro atoms. The van der Waals surface area contributed by atoms with E-state index < -0.39 is 18.3 Å². The van der Waals surface area contributed by atoms with E-state index in [9.17, 15) is 9.18 Å². The van der Waals surface area contributed by atoms with Gasteiger partial charge in [-0.3, -0.25) is 4.90 Å². The minimum Gasteiger partial charge on any atom is -0.465 e. The molecule has 0 bridgehead atoms. The number of benzene rings is 1. The number of hydrogen-bond acceptors (Lipinski definition) is 1. The van der Waals surface area contributed by atoms with Gasteiger partial charge in [0.25, 0.3) is 0 Å². The Hall–Kier alpha value is -1.58. The first-order valence-corrected chi connectivity index (χ1v) is 4.86. The molecular weight excluding hydrogens is 197 g/mol. The largest absolute Gasteiger partial charge is 0.465 e. The van der Waals surface area contributed by atoms with Crippen LogP contribution in [0.2, 0.25) is 0 Å². The Balaban J connectivity index is 2.04. The molecule has 1 N–H and O–H groups in total. The monoisotopic (exact) mass is 209 g/mol. The van der Waals surface area contributed by atoms with Gasteiger partial charge in [-0.2, -0.15) is 0 Å². The maximum absolute atomic E-state index is 12.8. The van der Waals surface area contributed by atoms with Crippen molar-refractivity contribution in [3.63, 3.8) is 0 Å². The lowest BCUT2D eigenvalue weighted by atomic mass is 10.2. The van der Waals surface area contributed by atoms with Gasteiger partial charge in [0, 0.05) is 13.0 Å². The van der Waals surface area contributed by atoms with E-state index in [4.69, 9.17) is 5.11 Å². The molecule has 0 saturated heterocycles. The minimum absolute atomic E-state index is 0.265. The highest BCUT2D eigenvalue weighted by molar-refractivity contribution is 5.66. The van der Waals surface area contributed by atoms with E-state index in [2.05, 4.69) is 0 Å². The number of hydrogen-bond donors (Lipinski definition) is 1. The lowest BCUT2D eigenvalue weighted by molar-refractivity contribution is 0.134. The smallest absolute Gasteiger partial charge is 0.407 e. The van der Waals surface area contributed by atoms with Crippen molar-refractivity contribution in [1.29, 1.82) is 0 Å². The fourth-order valence-corrected chi connectivity index (χ4v) is 1.58. The highest BCUT2D eigenvalue weighted by Crippen LogP contribution is 2.32. The zero-order valence-electron chi connectivity index (χ0n) is 8.14. The van der Waals surface area contributed by atoms with Gasteiger partial charge in [0.2, 0.25) is 0 Å². The van der Waals surface area contributed by atoms with Crippen LogP contribution in [0.5, 0.6) is 0 Å². The molecule has 0 unspecified atom stereocenters. The molecule has 80 valence electrons. The maximum atomic E-state index is 12.8. The molecule has 2 rings (SSSR count). The van der Waals surface area contributed by atoms with Gasteiger partial charge in [0.1, 0.15) is 6.17 Å². The highest BCUT2D eigenvalue weighted by atomic mass is 19.1. The fourth-order valence-electron chi connectivity index (χ4n) is 1.58. The second-order valence-electron chi connectivity index (χ2n) is 3.72. The summed E-state index contributed by atoms with van der Waals surface area (Å²) in [6.45, 7) is 0.265. The first kappa shape index (κ1) is 9.96. The zero-order chi connectivity index (χ0) is 10.8. The SMILES string of the molecule is O=C(O)N(Cc1ccccc1)[C@@H]1C[C@@H]1F. The van der Waals surface area contributed by atoms with Crippen molar-refractivity contribution in [3.8, 4) is 0 Å². The van der Waals surface area contributed by atoms with E-state index in [-0.39, 0.29) is 6.54 Å². The van der Waals surface area contributed by atoms with Gasteiger partial charge < -0.3 is 5.11 Å². The average molecular weight is 209 g/mol. The lowest BCUT2D eigenvalue weighted by Gasteiger charge is -2.18. The second kappa shape index (κ2) is 3.88. The van der Waals surface area contributed by atoms with Crippen LogP contribution >= 0.6 is 0 Å². The molecule has 1 aromatic carbocycles. The molecule has 1 aromatic rings. The van der Waals surface area contributed by atoms with Crippen LogP contribution in [0.4, 0.5) is 9.18 Å². The highest BCUT2D eigenvalue weighted by Gasteiger charge is 2.44. The molecule has 2 atom stereocenters. The molecule has 1 aliphatic rings. The number of alkyl halides is 1. The Kier molecular flexibility index (Phi) is 2.58. The summed E-state index contributed by atoms with van der Waals surface area (Å²) in [6, 6.07) is 8.79. The third-order valence-electron chi connectivity index (χ3n) is 2.52. The number of nitrogens with zero attached hydrogens (tertiary/aromatic N) is 1. The van der Waals surface area contributed by atoms with E-state index in [1.807, 2.05) is 30.3 Å². The molecule has 1 aliphatic carbocycles. The zero-order valence-corrected chi connectivity index (χ0v) is 8.14. The fraction of sp³-hybridized carbons (Fsp3) is 0.364. The molecule has 0 heterocycles. The Bertz CT molecular complexity index is 355. The molecular formula is C11H12FNO2. The molecule has 15 heavy (non-hydrogen) atoms. The van der Waals surface area contributed by atoms with Crippen molar-refractivity contribution in [2.45, 2.75) is 25.2 Å². The normalized spacial score (nSPS) is 23.5. The Morgan fingerprint density at radius 2 is 2.07 bits per heavy atom. The van der Waals surface area contributed by atoms with Crippen molar-refractivity contribution < 1.29 is 14.3 Å². The number of carbonyl (C=O) groups is 1. The average Bonchev–Trinajstić information content (AvgIpc) is 2.93. The van der Waals surface area contributed by atoms with Crippen LogP contribution in [0.3, 0.4) is 0 Å². The first-order chi connectivity index (χ1) is 7.18. The number of amides is 1. The number of carboxylic acid groups (broad SMARTS) is 1. The summed E-state index contributed by atoms with van der Waals surface area (Å²) in [5.74, 6) is 0. The third-order valence-corrected chi connectivity index (χ3v) is 2.52. The molecule has 4 heteroatoms. The molecule has 1 amide bonds. The van der Waals surface area contributed by atoms with Gasteiger partial charge in [-0.25, -0.2) is 9.18 Å². The van der Waals surface area contributed by atoms with E-state index in [0.717, 1.165) is 5.56 Å². The predicted molar refractivity (Wildman–Crippen MR) is 53.3 cm³/mol. The van der Waals surface area contributed by atoms with Crippen molar-refractivity contribution in [3.05, 3.63) is 35.9 Å². The molecule has 0 aliphatic heterocycles. The summed E-state index contributed by atoms with van der Waals surface area (Å²) in [4.78, 5) is 12.1. The Morgan fingerprint density at radius 3 is 2.53 bits per heavy atom. The lowest BCUT2D eigenvalue weighted by Crippen LogP contribution is -2.32. The predicted octanol–water partition coefficient (Wildman–Crippen LogP) is 2.28. The van der Waals surface area contributed by atoms with Gasteiger partial charge in [0.05, 0.1) is 6.04 Å². The van der Waals surface area contributed by atoms with Crippen molar-refractivity contribution in [2.24, 2.45) is 0 Å². The summed E-state index contributed by atoms with van der Waals surface area (Å²) in [6.07, 6.45) is -1.70. The van der Waals surface area contributed by atoms with Gasteiger partial charge in [-0.15, -0.1) is 0 Å². The summed E-state index contributed by atoms with van der Waals surface area (Å²) < 4.78 is 12.8. The minimum atomic E-state index is -1.05. The first-order valence-electron chi connectivity index (χ1n) is 4.86. The molecule has 0 aromatic heterocycles. The van der Waals surface area contributed by atoms with E-state index in [1.54, 1.807) is 0 Å². The number of halogens is 1. The van der Waals surface area contributed by atoms with Gasteiger partial charge in [-0.1, -0.05) is 30.3 Å². The molecule has 3 nitrogen and oxygen atoms in total. The van der Waals surface area contributed by atoms with Crippen LogP contribution in [0.15, 0.2) is 30.3 Å². The van der Waals surface area contributed by atoms with E-state index in [0.29, 0.717) is 6.42 Å². The van der Waals surface area contributed by atoms with E-state index in [1.165, 1.54) is 4.90 Å². The van der Waals surface area contributed by atoms with Crippen LogP contribution in [-0.2, 0) is 6.54 Å². The Labute approximate surface area is 87.1 Å².